The summed E-state index contributed by atoms with van der Waals surface area (Å²) in [5, 5.41) is 4.84. The topological polar surface area (TPSA) is 111 Å². The standard InChI is InChI=1S/C21H24N4O5/c1-21(2,3)30-19(28)22-11-5-6-13-7-8-14-16(12-13)24(4)20(29)25(14)15-9-10-17(26)23-18(15)27/h7-8,12,15H,9-11H2,1-4H3,(H,22,28)(H,23,26,27). The number of imidazole rings is 1. The van der Waals surface area contributed by atoms with E-state index in [1.165, 1.54) is 9.13 Å². The van der Waals surface area contributed by atoms with Crippen molar-refractivity contribution in [2.45, 2.75) is 45.3 Å². The van der Waals surface area contributed by atoms with Crippen molar-refractivity contribution in [3.63, 3.8) is 0 Å². The molecule has 2 N–H and O–H groups in total. The summed E-state index contributed by atoms with van der Waals surface area (Å²) in [5.74, 6) is 4.97. The minimum absolute atomic E-state index is 0.114. The number of ether oxygens (including phenoxy) is 1. The smallest absolute Gasteiger partial charge is 0.408 e. The first kappa shape index (κ1) is 21.2. The van der Waals surface area contributed by atoms with E-state index in [1.54, 1.807) is 46.0 Å². The van der Waals surface area contributed by atoms with E-state index in [2.05, 4.69) is 22.5 Å². The Morgan fingerprint density at radius 3 is 2.67 bits per heavy atom. The van der Waals surface area contributed by atoms with Crippen LogP contribution in [0, 0.1) is 11.8 Å². The van der Waals surface area contributed by atoms with Crippen molar-refractivity contribution in [1.82, 2.24) is 19.8 Å². The lowest BCUT2D eigenvalue weighted by molar-refractivity contribution is -0.135. The van der Waals surface area contributed by atoms with E-state index in [1.807, 2.05) is 0 Å². The van der Waals surface area contributed by atoms with E-state index in [9.17, 15) is 19.2 Å². The van der Waals surface area contributed by atoms with Gasteiger partial charge in [0.1, 0.15) is 11.6 Å². The number of hydrogen-bond donors (Lipinski definition) is 2. The molecule has 3 amide bonds. The van der Waals surface area contributed by atoms with Gasteiger partial charge in [0.15, 0.2) is 0 Å². The number of fused-ring (bicyclic) bond motifs is 1. The van der Waals surface area contributed by atoms with Crippen molar-refractivity contribution in [1.29, 1.82) is 0 Å². The molecule has 1 aromatic carbocycles. The minimum Gasteiger partial charge on any atom is -0.444 e. The second-order valence-corrected chi connectivity index (χ2v) is 8.04. The van der Waals surface area contributed by atoms with E-state index in [4.69, 9.17) is 4.74 Å². The van der Waals surface area contributed by atoms with Crippen molar-refractivity contribution in [3.05, 3.63) is 34.2 Å². The van der Waals surface area contributed by atoms with Gasteiger partial charge in [0, 0.05) is 19.0 Å². The Kier molecular flexibility index (Phi) is 5.69. The molecule has 3 rings (SSSR count). The first-order chi connectivity index (χ1) is 14.1. The highest BCUT2D eigenvalue weighted by molar-refractivity contribution is 6.00. The number of aromatic nitrogens is 2. The molecule has 9 nitrogen and oxygen atoms in total. The monoisotopic (exact) mass is 412 g/mol. The molecule has 0 bridgehead atoms. The minimum atomic E-state index is -0.728. The summed E-state index contributed by atoms with van der Waals surface area (Å²) in [6, 6.07) is 4.49. The quantitative estimate of drug-likeness (QED) is 0.569. The van der Waals surface area contributed by atoms with E-state index in [0.717, 1.165) is 0 Å². The zero-order chi connectivity index (χ0) is 22.1. The third-order valence-corrected chi connectivity index (χ3v) is 4.56. The number of carbonyl (C=O) groups excluding carboxylic acids is 3. The molecule has 0 aliphatic carbocycles. The molecule has 30 heavy (non-hydrogen) atoms. The van der Waals surface area contributed by atoms with Gasteiger partial charge in [-0.3, -0.25) is 24.0 Å². The fourth-order valence-corrected chi connectivity index (χ4v) is 3.25. The molecule has 1 aliphatic rings. The second-order valence-electron chi connectivity index (χ2n) is 8.04. The number of alkyl carbamates (subject to hydrolysis) is 1. The number of piperidine rings is 1. The van der Waals surface area contributed by atoms with Gasteiger partial charge in [-0.15, -0.1) is 0 Å². The van der Waals surface area contributed by atoms with Crippen molar-refractivity contribution in [2.75, 3.05) is 6.54 Å². The number of benzene rings is 1. The molecule has 158 valence electrons. The maximum Gasteiger partial charge on any atom is 0.408 e. The molecule has 9 heteroatoms. The number of hydrogen-bond acceptors (Lipinski definition) is 5. The Morgan fingerprint density at radius 1 is 1.27 bits per heavy atom. The summed E-state index contributed by atoms with van der Waals surface area (Å²) < 4.78 is 8.00. The molecule has 1 saturated heterocycles. The van der Waals surface area contributed by atoms with Crippen LogP contribution in [0.5, 0.6) is 0 Å². The van der Waals surface area contributed by atoms with Gasteiger partial charge in [-0.25, -0.2) is 9.59 Å². The van der Waals surface area contributed by atoms with E-state index in [0.29, 0.717) is 16.6 Å². The third kappa shape index (κ3) is 4.54. The van der Waals surface area contributed by atoms with Gasteiger partial charge in [-0.2, -0.15) is 0 Å². The van der Waals surface area contributed by atoms with Crippen molar-refractivity contribution < 1.29 is 19.1 Å². The summed E-state index contributed by atoms with van der Waals surface area (Å²) in [6.45, 7) is 5.44. The Balaban J connectivity index is 1.81. The van der Waals surface area contributed by atoms with Crippen LogP contribution in [-0.4, -0.2) is 39.2 Å². The lowest BCUT2D eigenvalue weighted by atomic mass is 10.1. The molecule has 0 saturated carbocycles. The highest BCUT2D eigenvalue weighted by Crippen LogP contribution is 2.23. The Labute approximate surface area is 173 Å². The van der Waals surface area contributed by atoms with Gasteiger partial charge >= 0.3 is 11.8 Å². The molecule has 1 fully saturated rings. The van der Waals surface area contributed by atoms with Crippen LogP contribution in [0.15, 0.2) is 23.0 Å². The van der Waals surface area contributed by atoms with Gasteiger partial charge in [-0.05, 0) is 45.4 Å². The van der Waals surface area contributed by atoms with Crippen molar-refractivity contribution >= 4 is 28.9 Å². The number of aryl methyl sites for hydroxylation is 1. The number of nitrogens with one attached hydrogen (secondary N) is 2. The summed E-state index contributed by atoms with van der Waals surface area (Å²) >= 11 is 0. The normalized spacial score (nSPS) is 16.6. The molecule has 1 aromatic heterocycles. The first-order valence-corrected chi connectivity index (χ1v) is 9.57. The molecule has 1 atom stereocenters. The van der Waals surface area contributed by atoms with Crippen LogP contribution in [0.25, 0.3) is 11.0 Å². The van der Waals surface area contributed by atoms with E-state index < -0.39 is 23.6 Å². The average Bonchev–Trinajstić information content (AvgIpc) is 2.88. The SMILES string of the molecule is Cn1c(=O)n(C2CCC(=O)NC2=O)c2ccc(C#CCNC(=O)OC(C)(C)C)cc21. The second kappa shape index (κ2) is 8.06. The van der Waals surface area contributed by atoms with Gasteiger partial charge in [0.2, 0.25) is 11.8 Å². The van der Waals surface area contributed by atoms with Crippen LogP contribution >= 0.6 is 0 Å². The van der Waals surface area contributed by atoms with Crippen LogP contribution in [0.1, 0.15) is 45.2 Å². The predicted octanol–water partition coefficient (Wildman–Crippen LogP) is 1.19. The number of amides is 3. The molecule has 1 unspecified atom stereocenters. The molecule has 0 spiro atoms. The van der Waals surface area contributed by atoms with E-state index in [-0.39, 0.29) is 31.0 Å². The third-order valence-electron chi connectivity index (χ3n) is 4.56. The van der Waals surface area contributed by atoms with Crippen LogP contribution in [0.2, 0.25) is 0 Å². The number of imide groups is 1. The summed E-state index contributed by atoms with van der Waals surface area (Å²) in [6.07, 6.45) is -0.0781. The zero-order valence-electron chi connectivity index (χ0n) is 17.4. The molecule has 2 aromatic rings. The fourth-order valence-electron chi connectivity index (χ4n) is 3.25. The molecular weight excluding hydrogens is 388 g/mol. The maximum absolute atomic E-state index is 12.7. The van der Waals surface area contributed by atoms with Crippen LogP contribution in [0.3, 0.4) is 0 Å². The van der Waals surface area contributed by atoms with Crippen LogP contribution in [0.4, 0.5) is 4.79 Å². The number of rotatable bonds is 2. The summed E-state index contributed by atoms with van der Waals surface area (Å²) in [4.78, 5) is 48.0. The molecule has 1 aliphatic heterocycles. The van der Waals surface area contributed by atoms with E-state index >= 15 is 0 Å². The molecule has 0 radical (unpaired) electrons. The highest BCUT2D eigenvalue weighted by atomic mass is 16.6. The van der Waals surface area contributed by atoms with Crippen molar-refractivity contribution in [3.8, 4) is 11.8 Å². The first-order valence-electron chi connectivity index (χ1n) is 9.57. The van der Waals surface area contributed by atoms with Crippen molar-refractivity contribution in [2.24, 2.45) is 7.05 Å². The number of nitrogens with zero attached hydrogens (tertiary/aromatic N) is 2. The Bertz CT molecular complexity index is 1140. The number of carbonyl (C=O) groups is 3. The van der Waals surface area contributed by atoms with Crippen LogP contribution in [-0.2, 0) is 21.4 Å². The summed E-state index contributed by atoms with van der Waals surface area (Å²) in [7, 11) is 1.62. The maximum atomic E-state index is 12.7. The average molecular weight is 412 g/mol. The van der Waals surface area contributed by atoms with Gasteiger partial charge in [0.25, 0.3) is 0 Å². The fraction of sp³-hybridized carbons (Fsp3) is 0.429. The lowest BCUT2D eigenvalue weighted by Crippen LogP contribution is -2.44. The highest BCUT2D eigenvalue weighted by Gasteiger charge is 2.31. The molecule has 2 heterocycles. The zero-order valence-corrected chi connectivity index (χ0v) is 17.4. The Hall–Kier alpha value is -3.54. The van der Waals surface area contributed by atoms with Crippen LogP contribution < -0.4 is 16.3 Å². The lowest BCUT2D eigenvalue weighted by Gasteiger charge is -2.21. The van der Waals surface area contributed by atoms with Gasteiger partial charge in [-0.1, -0.05) is 11.8 Å². The largest absolute Gasteiger partial charge is 0.444 e. The Morgan fingerprint density at radius 2 is 2.00 bits per heavy atom. The predicted molar refractivity (Wildman–Crippen MR) is 110 cm³/mol. The van der Waals surface area contributed by atoms with Gasteiger partial charge in [0.05, 0.1) is 17.6 Å². The molecular formula is C21H24N4O5. The summed E-state index contributed by atoms with van der Waals surface area (Å²) in [5.41, 5.74) is 0.954. The van der Waals surface area contributed by atoms with Gasteiger partial charge < -0.3 is 10.1 Å².